The van der Waals surface area contributed by atoms with Crippen molar-refractivity contribution < 1.29 is 18.4 Å². The van der Waals surface area contributed by atoms with Gasteiger partial charge in [-0.2, -0.15) is 4.98 Å². The Hall–Kier alpha value is -2.24. The van der Waals surface area contributed by atoms with Crippen LogP contribution < -0.4 is 0 Å². The number of esters is 1. The van der Waals surface area contributed by atoms with E-state index >= 15 is 0 Å². The molecule has 0 aliphatic carbocycles. The van der Waals surface area contributed by atoms with Gasteiger partial charge in [0.25, 0.3) is 0 Å². The summed E-state index contributed by atoms with van der Waals surface area (Å²) in [4.78, 5) is 16.1. The summed E-state index contributed by atoms with van der Waals surface area (Å²) in [5.74, 6) is -0.445. The van der Waals surface area contributed by atoms with Gasteiger partial charge in [0.15, 0.2) is 0 Å². The SMILES string of the molecule is CCOC(=O)C(C)(C)c1nc(-c2cc(C)cc(F)c2)no1. The van der Waals surface area contributed by atoms with Crippen molar-refractivity contribution in [1.29, 1.82) is 0 Å². The van der Waals surface area contributed by atoms with Crippen molar-refractivity contribution in [1.82, 2.24) is 10.1 Å². The highest BCUT2D eigenvalue weighted by atomic mass is 19.1. The quantitative estimate of drug-likeness (QED) is 0.810. The number of nitrogens with zero attached hydrogens (tertiary/aromatic N) is 2. The van der Waals surface area contributed by atoms with Crippen LogP contribution in [0.2, 0.25) is 0 Å². The number of halogens is 1. The molecule has 0 N–H and O–H groups in total. The number of aromatic nitrogens is 2. The molecule has 0 saturated carbocycles. The van der Waals surface area contributed by atoms with Gasteiger partial charge in [0, 0.05) is 5.56 Å². The molecule has 112 valence electrons. The Balaban J connectivity index is 2.35. The Labute approximate surface area is 122 Å². The number of benzene rings is 1. The van der Waals surface area contributed by atoms with Crippen LogP contribution in [0.4, 0.5) is 4.39 Å². The molecule has 0 unspecified atom stereocenters. The fraction of sp³-hybridized carbons (Fsp3) is 0.400. The molecule has 0 amide bonds. The molecule has 0 saturated heterocycles. The van der Waals surface area contributed by atoms with E-state index in [2.05, 4.69) is 10.1 Å². The molecule has 0 fully saturated rings. The van der Waals surface area contributed by atoms with Gasteiger partial charge in [-0.15, -0.1) is 0 Å². The topological polar surface area (TPSA) is 65.2 Å². The first-order valence-electron chi connectivity index (χ1n) is 6.63. The van der Waals surface area contributed by atoms with Crippen LogP contribution in [0.1, 0.15) is 32.2 Å². The molecular formula is C15H17FN2O3. The Morgan fingerprint density at radius 2 is 2.10 bits per heavy atom. The summed E-state index contributed by atoms with van der Waals surface area (Å²) in [6.07, 6.45) is 0. The van der Waals surface area contributed by atoms with Crippen molar-refractivity contribution in [3.63, 3.8) is 0 Å². The number of hydrogen-bond donors (Lipinski definition) is 0. The first-order chi connectivity index (χ1) is 9.84. The van der Waals surface area contributed by atoms with Gasteiger partial charge in [-0.05, 0) is 51.5 Å². The minimum Gasteiger partial charge on any atom is -0.465 e. The monoisotopic (exact) mass is 292 g/mol. The third kappa shape index (κ3) is 3.09. The van der Waals surface area contributed by atoms with Gasteiger partial charge in [0.1, 0.15) is 11.2 Å². The molecule has 1 heterocycles. The van der Waals surface area contributed by atoms with Gasteiger partial charge in [-0.25, -0.2) is 4.39 Å². The van der Waals surface area contributed by atoms with Gasteiger partial charge in [-0.3, -0.25) is 4.79 Å². The highest BCUT2D eigenvalue weighted by molar-refractivity contribution is 5.80. The van der Waals surface area contributed by atoms with Crippen molar-refractivity contribution in [3.05, 3.63) is 35.5 Å². The molecule has 0 bridgehead atoms. The van der Waals surface area contributed by atoms with E-state index in [1.54, 1.807) is 33.8 Å². The maximum atomic E-state index is 13.4. The summed E-state index contributed by atoms with van der Waals surface area (Å²) in [6, 6.07) is 4.47. The molecule has 0 atom stereocenters. The number of rotatable bonds is 4. The molecular weight excluding hydrogens is 275 g/mol. The van der Waals surface area contributed by atoms with Crippen LogP contribution in [0.15, 0.2) is 22.7 Å². The predicted molar refractivity (Wildman–Crippen MR) is 74.1 cm³/mol. The lowest BCUT2D eigenvalue weighted by Gasteiger charge is -2.16. The summed E-state index contributed by atoms with van der Waals surface area (Å²) in [7, 11) is 0. The largest absolute Gasteiger partial charge is 0.465 e. The lowest BCUT2D eigenvalue weighted by molar-refractivity contribution is -0.149. The van der Waals surface area contributed by atoms with Crippen LogP contribution in [0.25, 0.3) is 11.4 Å². The summed E-state index contributed by atoms with van der Waals surface area (Å²) in [5.41, 5.74) is 0.201. The Morgan fingerprint density at radius 3 is 2.71 bits per heavy atom. The van der Waals surface area contributed by atoms with E-state index in [0.717, 1.165) is 5.56 Å². The van der Waals surface area contributed by atoms with E-state index < -0.39 is 11.4 Å². The fourth-order valence-electron chi connectivity index (χ4n) is 1.86. The zero-order chi connectivity index (χ0) is 15.6. The van der Waals surface area contributed by atoms with Crippen molar-refractivity contribution >= 4 is 5.97 Å². The zero-order valence-electron chi connectivity index (χ0n) is 12.4. The normalized spacial score (nSPS) is 11.5. The van der Waals surface area contributed by atoms with Crippen molar-refractivity contribution in [2.45, 2.75) is 33.1 Å². The second-order valence-electron chi connectivity index (χ2n) is 5.29. The highest BCUT2D eigenvalue weighted by Crippen LogP contribution is 2.26. The van der Waals surface area contributed by atoms with E-state index in [1.165, 1.54) is 12.1 Å². The standard InChI is InChI=1S/C15H17FN2O3/c1-5-20-14(19)15(3,4)13-17-12(18-21-13)10-6-9(2)7-11(16)8-10/h6-8H,5H2,1-4H3. The summed E-state index contributed by atoms with van der Waals surface area (Å²) < 4.78 is 23.6. The lowest BCUT2D eigenvalue weighted by atomic mass is 9.94. The molecule has 1 aromatic heterocycles. The average molecular weight is 292 g/mol. The van der Waals surface area contributed by atoms with Crippen LogP contribution in [0.3, 0.4) is 0 Å². The molecule has 0 spiro atoms. The summed E-state index contributed by atoms with van der Waals surface area (Å²) in [6.45, 7) is 7.05. The molecule has 6 heteroatoms. The first-order valence-corrected chi connectivity index (χ1v) is 6.63. The molecule has 0 aliphatic heterocycles. The number of aryl methyl sites for hydroxylation is 1. The molecule has 2 rings (SSSR count). The number of ether oxygens (including phenoxy) is 1. The molecule has 5 nitrogen and oxygen atoms in total. The maximum Gasteiger partial charge on any atom is 0.321 e. The van der Waals surface area contributed by atoms with Gasteiger partial charge in [0.2, 0.25) is 11.7 Å². The smallest absolute Gasteiger partial charge is 0.321 e. The minimum absolute atomic E-state index is 0.137. The number of hydrogen-bond acceptors (Lipinski definition) is 5. The molecule has 21 heavy (non-hydrogen) atoms. The molecule has 0 aliphatic rings. The van der Waals surface area contributed by atoms with Crippen molar-refractivity contribution in [2.24, 2.45) is 0 Å². The Morgan fingerprint density at radius 1 is 1.38 bits per heavy atom. The average Bonchev–Trinajstić information content (AvgIpc) is 2.88. The number of carbonyl (C=O) groups is 1. The van der Waals surface area contributed by atoms with Crippen LogP contribution in [-0.2, 0) is 14.9 Å². The molecule has 2 aromatic rings. The molecule has 1 aromatic carbocycles. The van der Waals surface area contributed by atoms with Crippen molar-refractivity contribution in [3.8, 4) is 11.4 Å². The summed E-state index contributed by atoms with van der Waals surface area (Å²) >= 11 is 0. The third-order valence-corrected chi connectivity index (χ3v) is 3.05. The van der Waals surface area contributed by atoms with E-state index in [0.29, 0.717) is 5.56 Å². The van der Waals surface area contributed by atoms with Gasteiger partial charge in [0.05, 0.1) is 6.61 Å². The van der Waals surface area contributed by atoms with E-state index in [-0.39, 0.29) is 24.1 Å². The van der Waals surface area contributed by atoms with Crippen LogP contribution in [-0.4, -0.2) is 22.7 Å². The van der Waals surface area contributed by atoms with Gasteiger partial charge < -0.3 is 9.26 Å². The lowest BCUT2D eigenvalue weighted by Crippen LogP contribution is -2.31. The van der Waals surface area contributed by atoms with E-state index in [9.17, 15) is 9.18 Å². The van der Waals surface area contributed by atoms with Crippen LogP contribution in [0.5, 0.6) is 0 Å². The van der Waals surface area contributed by atoms with Crippen molar-refractivity contribution in [2.75, 3.05) is 6.61 Å². The van der Waals surface area contributed by atoms with Gasteiger partial charge >= 0.3 is 5.97 Å². The predicted octanol–water partition coefficient (Wildman–Crippen LogP) is 3.02. The van der Waals surface area contributed by atoms with E-state index in [1.807, 2.05) is 0 Å². The summed E-state index contributed by atoms with van der Waals surface area (Å²) in [5, 5.41) is 3.82. The number of carbonyl (C=O) groups excluding carboxylic acids is 1. The van der Waals surface area contributed by atoms with Crippen LogP contribution in [0, 0.1) is 12.7 Å². The second-order valence-corrected chi connectivity index (χ2v) is 5.29. The maximum absolute atomic E-state index is 13.4. The fourth-order valence-corrected chi connectivity index (χ4v) is 1.86. The van der Waals surface area contributed by atoms with Crippen LogP contribution >= 0.6 is 0 Å². The van der Waals surface area contributed by atoms with E-state index in [4.69, 9.17) is 9.26 Å². The third-order valence-electron chi connectivity index (χ3n) is 3.05. The second kappa shape index (κ2) is 5.63. The first kappa shape index (κ1) is 15.2. The minimum atomic E-state index is -1.05. The van der Waals surface area contributed by atoms with Gasteiger partial charge in [-0.1, -0.05) is 5.16 Å². The Bertz CT molecular complexity index is 644. The molecule has 0 radical (unpaired) electrons. The highest BCUT2D eigenvalue weighted by Gasteiger charge is 2.37. The Kier molecular flexibility index (Phi) is 4.06. The zero-order valence-corrected chi connectivity index (χ0v) is 12.4.